The summed E-state index contributed by atoms with van der Waals surface area (Å²) in [4.78, 5) is 33.8. The van der Waals surface area contributed by atoms with E-state index < -0.39 is 0 Å². The SMILES string of the molecule is O=C(NCCCN1CCCC1=O)c1csc(Nc2ccccn2)n1. The third kappa shape index (κ3) is 4.29. The number of likely N-dealkylation sites (tertiary alicyclic amines) is 1. The lowest BCUT2D eigenvalue weighted by Gasteiger charge is -2.14. The number of pyridine rings is 1. The molecule has 1 fully saturated rings. The molecule has 0 radical (unpaired) electrons. The Balaban J connectivity index is 1.43. The highest BCUT2D eigenvalue weighted by atomic mass is 32.1. The van der Waals surface area contributed by atoms with Gasteiger partial charge in [0.05, 0.1) is 0 Å². The molecule has 0 atom stereocenters. The molecule has 0 bridgehead atoms. The normalized spacial score (nSPS) is 14.0. The maximum Gasteiger partial charge on any atom is 0.270 e. The van der Waals surface area contributed by atoms with E-state index in [-0.39, 0.29) is 11.8 Å². The van der Waals surface area contributed by atoms with E-state index in [2.05, 4.69) is 20.6 Å². The summed E-state index contributed by atoms with van der Waals surface area (Å²) in [7, 11) is 0. The van der Waals surface area contributed by atoms with E-state index in [9.17, 15) is 9.59 Å². The molecule has 2 amide bonds. The number of carbonyl (C=O) groups excluding carboxylic acids is 2. The van der Waals surface area contributed by atoms with Gasteiger partial charge in [-0.2, -0.15) is 0 Å². The van der Waals surface area contributed by atoms with Crippen LogP contribution in [0.4, 0.5) is 10.9 Å². The van der Waals surface area contributed by atoms with Gasteiger partial charge in [-0.25, -0.2) is 9.97 Å². The van der Waals surface area contributed by atoms with Crippen LogP contribution in [0.5, 0.6) is 0 Å². The van der Waals surface area contributed by atoms with Crippen molar-refractivity contribution in [2.45, 2.75) is 19.3 Å². The number of nitrogens with zero attached hydrogens (tertiary/aromatic N) is 3. The van der Waals surface area contributed by atoms with Crippen molar-refractivity contribution in [3.05, 3.63) is 35.5 Å². The lowest BCUT2D eigenvalue weighted by molar-refractivity contribution is -0.127. The summed E-state index contributed by atoms with van der Waals surface area (Å²) in [6.45, 7) is 2.06. The average Bonchev–Trinajstić information content (AvgIpc) is 3.22. The first-order valence-electron chi connectivity index (χ1n) is 7.92. The first-order valence-corrected chi connectivity index (χ1v) is 8.80. The summed E-state index contributed by atoms with van der Waals surface area (Å²) in [6, 6.07) is 5.55. The van der Waals surface area contributed by atoms with Gasteiger partial charge in [0.25, 0.3) is 5.91 Å². The molecule has 3 rings (SSSR count). The molecule has 2 aromatic heterocycles. The summed E-state index contributed by atoms with van der Waals surface area (Å²) in [5.41, 5.74) is 0.385. The van der Waals surface area contributed by atoms with Crippen LogP contribution in [0, 0.1) is 0 Å². The number of aromatic nitrogens is 2. The Morgan fingerprint density at radius 3 is 3.04 bits per heavy atom. The quantitative estimate of drug-likeness (QED) is 0.750. The van der Waals surface area contributed by atoms with E-state index in [0.29, 0.717) is 36.2 Å². The standard InChI is InChI=1S/C16H19N5O2S/c22-14-6-3-9-21(14)10-4-8-18-15(23)12-11-24-16(19-12)20-13-5-1-2-7-17-13/h1-2,5,7,11H,3-4,6,8-10H2,(H,18,23)(H,17,19,20). The van der Waals surface area contributed by atoms with Gasteiger partial charge in [0, 0.05) is 37.6 Å². The van der Waals surface area contributed by atoms with Gasteiger partial charge in [-0.05, 0) is 25.0 Å². The Morgan fingerprint density at radius 1 is 1.38 bits per heavy atom. The Morgan fingerprint density at radius 2 is 2.29 bits per heavy atom. The van der Waals surface area contributed by atoms with Crippen molar-refractivity contribution in [3.63, 3.8) is 0 Å². The van der Waals surface area contributed by atoms with Crippen LogP contribution in [0.3, 0.4) is 0 Å². The number of amides is 2. The van der Waals surface area contributed by atoms with Gasteiger partial charge in [0.1, 0.15) is 11.5 Å². The molecule has 1 saturated heterocycles. The zero-order valence-corrected chi connectivity index (χ0v) is 14.0. The Kier molecular flexibility index (Phi) is 5.37. The van der Waals surface area contributed by atoms with Crippen LogP contribution in [0.15, 0.2) is 29.8 Å². The van der Waals surface area contributed by atoms with Crippen molar-refractivity contribution in [3.8, 4) is 0 Å². The lowest BCUT2D eigenvalue weighted by Crippen LogP contribution is -2.30. The van der Waals surface area contributed by atoms with Crippen LogP contribution >= 0.6 is 11.3 Å². The molecule has 7 nitrogen and oxygen atoms in total. The van der Waals surface area contributed by atoms with Gasteiger partial charge in [-0.3, -0.25) is 9.59 Å². The van der Waals surface area contributed by atoms with Crippen molar-refractivity contribution in [2.24, 2.45) is 0 Å². The molecule has 2 aromatic rings. The molecule has 1 aliphatic rings. The van der Waals surface area contributed by atoms with Crippen LogP contribution in [-0.2, 0) is 4.79 Å². The number of rotatable bonds is 7. The Bertz CT molecular complexity index is 704. The van der Waals surface area contributed by atoms with Crippen molar-refractivity contribution in [1.29, 1.82) is 0 Å². The number of hydrogen-bond acceptors (Lipinski definition) is 6. The minimum absolute atomic E-state index is 0.201. The van der Waals surface area contributed by atoms with E-state index in [0.717, 1.165) is 19.4 Å². The maximum atomic E-state index is 12.1. The molecule has 0 aliphatic carbocycles. The minimum Gasteiger partial charge on any atom is -0.351 e. The van der Waals surface area contributed by atoms with Gasteiger partial charge < -0.3 is 15.5 Å². The second kappa shape index (κ2) is 7.87. The van der Waals surface area contributed by atoms with E-state index in [1.807, 2.05) is 23.1 Å². The Hall–Kier alpha value is -2.48. The highest BCUT2D eigenvalue weighted by Crippen LogP contribution is 2.19. The highest BCUT2D eigenvalue weighted by Gasteiger charge is 2.19. The van der Waals surface area contributed by atoms with Gasteiger partial charge in [-0.15, -0.1) is 11.3 Å². The summed E-state index contributed by atoms with van der Waals surface area (Å²) in [5.74, 6) is 0.702. The van der Waals surface area contributed by atoms with Gasteiger partial charge in [-0.1, -0.05) is 6.07 Å². The molecule has 3 heterocycles. The van der Waals surface area contributed by atoms with E-state index >= 15 is 0 Å². The summed E-state index contributed by atoms with van der Waals surface area (Å²) >= 11 is 1.36. The molecule has 0 unspecified atom stereocenters. The van der Waals surface area contributed by atoms with Crippen molar-refractivity contribution < 1.29 is 9.59 Å². The smallest absolute Gasteiger partial charge is 0.270 e. The van der Waals surface area contributed by atoms with Gasteiger partial charge in [0.2, 0.25) is 5.91 Å². The van der Waals surface area contributed by atoms with Crippen molar-refractivity contribution >= 4 is 34.1 Å². The van der Waals surface area contributed by atoms with Crippen molar-refractivity contribution in [2.75, 3.05) is 25.0 Å². The van der Waals surface area contributed by atoms with Crippen LogP contribution in [0.1, 0.15) is 29.8 Å². The van der Waals surface area contributed by atoms with Crippen LogP contribution in [0.2, 0.25) is 0 Å². The molecule has 1 aliphatic heterocycles. The summed E-state index contributed by atoms with van der Waals surface area (Å²) < 4.78 is 0. The zero-order valence-electron chi connectivity index (χ0n) is 13.2. The molecule has 126 valence electrons. The van der Waals surface area contributed by atoms with E-state index in [1.165, 1.54) is 11.3 Å². The first-order chi connectivity index (χ1) is 11.7. The topological polar surface area (TPSA) is 87.2 Å². The molecule has 0 saturated carbocycles. The zero-order chi connectivity index (χ0) is 16.8. The third-order valence-corrected chi connectivity index (χ3v) is 4.46. The number of nitrogens with one attached hydrogen (secondary N) is 2. The summed E-state index contributed by atoms with van der Waals surface area (Å²) in [5, 5.41) is 8.24. The highest BCUT2D eigenvalue weighted by molar-refractivity contribution is 7.14. The number of anilines is 2. The van der Waals surface area contributed by atoms with Crippen LogP contribution < -0.4 is 10.6 Å². The predicted octanol–water partition coefficient (Wildman–Crippen LogP) is 2.02. The predicted molar refractivity (Wildman–Crippen MR) is 92.4 cm³/mol. The van der Waals surface area contributed by atoms with E-state index in [4.69, 9.17) is 0 Å². The molecular formula is C16H19N5O2S. The number of carbonyl (C=O) groups is 2. The van der Waals surface area contributed by atoms with Gasteiger partial charge >= 0.3 is 0 Å². The number of thiazole rings is 1. The van der Waals surface area contributed by atoms with Crippen LogP contribution in [-0.4, -0.2) is 46.3 Å². The van der Waals surface area contributed by atoms with Crippen molar-refractivity contribution in [1.82, 2.24) is 20.2 Å². The maximum absolute atomic E-state index is 12.1. The molecule has 2 N–H and O–H groups in total. The monoisotopic (exact) mass is 345 g/mol. The fraction of sp³-hybridized carbons (Fsp3) is 0.375. The van der Waals surface area contributed by atoms with Crippen LogP contribution in [0.25, 0.3) is 0 Å². The largest absolute Gasteiger partial charge is 0.351 e. The molecule has 0 aromatic carbocycles. The third-order valence-electron chi connectivity index (χ3n) is 3.70. The number of hydrogen-bond donors (Lipinski definition) is 2. The Labute approximate surface area is 144 Å². The molecule has 0 spiro atoms. The fourth-order valence-electron chi connectivity index (χ4n) is 2.48. The first kappa shape index (κ1) is 16.4. The molecule has 24 heavy (non-hydrogen) atoms. The molecule has 8 heteroatoms. The second-order valence-corrected chi connectivity index (χ2v) is 6.33. The van der Waals surface area contributed by atoms with Gasteiger partial charge in [0.15, 0.2) is 5.13 Å². The molecular weight excluding hydrogens is 326 g/mol. The lowest BCUT2D eigenvalue weighted by atomic mass is 10.3. The summed E-state index contributed by atoms with van der Waals surface area (Å²) in [6.07, 6.45) is 4.03. The minimum atomic E-state index is -0.201. The van der Waals surface area contributed by atoms with E-state index in [1.54, 1.807) is 11.6 Å². The average molecular weight is 345 g/mol. The fourth-order valence-corrected chi connectivity index (χ4v) is 3.18. The second-order valence-electron chi connectivity index (χ2n) is 5.47.